The van der Waals surface area contributed by atoms with E-state index in [1.165, 1.54) is 125 Å². The van der Waals surface area contributed by atoms with Crippen molar-refractivity contribution in [2.45, 2.75) is 138 Å². The van der Waals surface area contributed by atoms with Crippen LogP contribution < -0.4 is 148 Å². The van der Waals surface area contributed by atoms with E-state index in [1.807, 2.05) is 6.08 Å². The van der Waals surface area contributed by atoms with Gasteiger partial charge < -0.3 is 49.1 Å². The topological polar surface area (TPSA) is 179 Å². The Balaban J connectivity index is 0.00000320. The summed E-state index contributed by atoms with van der Waals surface area (Å²) in [6.45, 7) is 12.2. The Kier molecular flexibility index (Phi) is 26.4. The normalized spacial score (nSPS) is 24.4. The molecule has 4 aromatic rings. The third-order valence-corrected chi connectivity index (χ3v) is 18.8. The van der Waals surface area contributed by atoms with Gasteiger partial charge in [0.2, 0.25) is 0 Å². The Morgan fingerprint density at radius 3 is 1.58 bits per heavy atom. The molecule has 10 nitrogen and oxygen atoms in total. The molecule has 4 aliphatic carbocycles. The van der Waals surface area contributed by atoms with Crippen molar-refractivity contribution in [1.29, 1.82) is 0 Å². The molecule has 0 N–H and O–H groups in total. The molecule has 4 saturated carbocycles. The van der Waals surface area contributed by atoms with Crippen molar-refractivity contribution in [3.05, 3.63) is 133 Å². The number of carbonyl (C=O) groups excluding carboxylic acids is 4. The minimum atomic E-state index is -1.56. The molecule has 0 radical (unpaired) electrons. The summed E-state index contributed by atoms with van der Waals surface area (Å²) in [5.74, 6) is -0.180. The Hall–Kier alpha value is -1.32. The number of benzene rings is 4. The molecule has 4 fully saturated rings. The van der Waals surface area contributed by atoms with Crippen LogP contribution in [0.4, 0.5) is 0 Å². The van der Waals surface area contributed by atoms with E-state index in [0.29, 0.717) is 56.9 Å². The van der Waals surface area contributed by atoms with Crippen LogP contribution in [0.5, 0.6) is 11.5 Å². The van der Waals surface area contributed by atoms with E-state index in [1.54, 1.807) is 12.1 Å². The van der Waals surface area contributed by atoms with E-state index in [-0.39, 0.29) is 175 Å². The predicted molar refractivity (Wildman–Crippen MR) is 275 cm³/mol. The quantitative estimate of drug-likeness (QED) is 0.0955. The summed E-state index contributed by atoms with van der Waals surface area (Å²) < 4.78 is 11.9. The van der Waals surface area contributed by atoms with E-state index in [0.717, 1.165) is 54.8 Å². The second-order valence-corrected chi connectivity index (χ2v) is 23.6. The smallest absolute Gasteiger partial charge is 0.545 e. The van der Waals surface area contributed by atoms with Crippen molar-refractivity contribution in [1.82, 2.24) is 0 Å². The molecule has 0 aromatic heterocycles. The van der Waals surface area contributed by atoms with E-state index < -0.39 is 23.9 Å². The van der Waals surface area contributed by atoms with Gasteiger partial charge in [-0.25, -0.2) is 0 Å². The maximum atomic E-state index is 12.8. The number of hydrogen-bond acceptors (Lipinski definition) is 10. The zero-order chi connectivity index (χ0) is 52.4. The molecule has 0 unspecified atom stereocenters. The molecule has 0 aliphatic heterocycles. The van der Waals surface area contributed by atoms with E-state index in [4.69, 9.17) is 32.7 Å². The van der Waals surface area contributed by atoms with Gasteiger partial charge in [-0.3, -0.25) is 0 Å². The van der Waals surface area contributed by atoms with Gasteiger partial charge in [0, 0.05) is 11.1 Å². The summed E-state index contributed by atoms with van der Waals surface area (Å²) in [6.07, 6.45) is 19.0. The molecule has 390 valence electrons. The van der Waals surface area contributed by atoms with Gasteiger partial charge in [-0.05, 0) is 192 Å². The van der Waals surface area contributed by atoms with Crippen molar-refractivity contribution < 1.29 is 167 Å². The molecule has 77 heavy (non-hydrogen) atoms. The molecule has 4 aliphatic rings. The summed E-state index contributed by atoms with van der Waals surface area (Å²) in [4.78, 5) is 48.2. The summed E-state index contributed by atoms with van der Waals surface area (Å²) in [5, 5.41) is 48.1. The molecule has 0 spiro atoms. The molecule has 8 rings (SSSR count). The number of carboxylic acids is 4. The Morgan fingerprint density at radius 2 is 1.10 bits per heavy atom. The first-order valence-corrected chi connectivity index (χ1v) is 27.2. The zero-order valence-corrected chi connectivity index (χ0v) is 56.3. The molecule has 0 heterocycles. The molecule has 4 aromatic carbocycles. The van der Waals surface area contributed by atoms with Crippen LogP contribution in [0.3, 0.4) is 0 Å². The number of allylic oxidation sites excluding steroid dienone is 1. The van der Waals surface area contributed by atoms with Gasteiger partial charge in [-0.2, -0.15) is 0 Å². The summed E-state index contributed by atoms with van der Waals surface area (Å²) in [5.41, 5.74) is 2.34. The molecule has 0 amide bonds. The molecule has 0 bridgehead atoms. The number of rotatable bonds is 20. The van der Waals surface area contributed by atoms with Gasteiger partial charge in [-0.15, -0.1) is 0 Å². The Labute approximate surface area is 554 Å². The summed E-state index contributed by atoms with van der Waals surface area (Å²) in [6, 6.07) is 17.4. The number of ether oxygens (including phenoxy) is 2. The van der Waals surface area contributed by atoms with E-state index in [2.05, 4.69) is 34.6 Å². The average Bonchev–Trinajstić information content (AvgIpc) is 3.72. The number of aromatic carboxylic acids is 4. The van der Waals surface area contributed by atoms with Crippen LogP contribution in [-0.2, 0) is 13.2 Å². The van der Waals surface area contributed by atoms with Crippen LogP contribution in [0, 0.1) is 58.2 Å². The summed E-state index contributed by atoms with van der Waals surface area (Å²) in [7, 11) is 0. The monoisotopic (exact) mass is 1120 g/mol. The van der Waals surface area contributed by atoms with Crippen LogP contribution >= 0.6 is 23.2 Å². The predicted octanol–water partition coefficient (Wildman–Crippen LogP) is -1.43. The minimum Gasteiger partial charge on any atom is -0.545 e. The standard InChI is InChI=1S/C61H72Cl2O10.4Na/c1-35(2)8-6-9-36(3)49-22-23-50-46-21-20-44-28-37(24-26-60(44,4)51(46)25-27-61(49,50)5)10-7-11-45(42-29-47(58(68)69)54(52(62)31-42)72-33-38-12-16-40(17-13-38)56(64)65)43-30-48(59(70)71)55(53(63)32-43)73-34-39-14-18-41(19-15-39)57(66)67;;;;/h11-19,29-32,35-37,44,46,49-51H,6-10,20-28,33-34H2,1-5H3,(H,64,65)(H,66,67)(H,68,69)(H,70,71);;;;/q;4*+1/p-4/t36-,37+,44+,46+,49-,50+,51+,60+,61-;;;;/m1..../s1. The molecule has 16 heteroatoms. The number of halogens is 2. The van der Waals surface area contributed by atoms with Crippen LogP contribution in [0.2, 0.25) is 10.0 Å². The fraction of sp³-hybridized carbons (Fsp3) is 0.508. The van der Waals surface area contributed by atoms with Gasteiger partial charge in [0.05, 0.1) is 33.9 Å². The van der Waals surface area contributed by atoms with Crippen molar-refractivity contribution in [2.75, 3.05) is 0 Å². The number of carboxylic acid groups (broad SMARTS) is 4. The van der Waals surface area contributed by atoms with Crippen molar-refractivity contribution in [3.8, 4) is 11.5 Å². The molecule has 9 atom stereocenters. The zero-order valence-electron chi connectivity index (χ0n) is 46.8. The third kappa shape index (κ3) is 15.7. The maximum Gasteiger partial charge on any atom is 1.00 e. The molecular formula is C61H68Cl2Na4O10. The number of fused-ring (bicyclic) bond motifs is 5. The second-order valence-electron chi connectivity index (χ2n) is 22.8. The first kappa shape index (κ1) is 68.2. The fourth-order valence-corrected chi connectivity index (χ4v) is 14.9. The van der Waals surface area contributed by atoms with Crippen molar-refractivity contribution >= 4 is 52.7 Å². The maximum absolute atomic E-state index is 12.8. The van der Waals surface area contributed by atoms with Crippen LogP contribution in [0.15, 0.2) is 78.9 Å². The SMILES string of the molecule is CC(C)CCC[C@@H](C)[C@H]1CC[C@H]2[C@@H]3CC[C@H]4C[C@@H](CCC=C(c5cc(Cl)c(OCc6ccc(C(=O)[O-])cc6)c(C(=O)[O-])c5)c5cc(Cl)c(OCc6ccc(C(=O)[O-])cc6)c(C(=O)[O-])c5)CC[C@]4(C)[C@H]3CC[C@]12C.[Na+].[Na+].[Na+].[Na+]. The van der Waals surface area contributed by atoms with E-state index in [9.17, 15) is 39.6 Å². The number of carbonyl (C=O) groups is 4. The van der Waals surface area contributed by atoms with Gasteiger partial charge in [0.1, 0.15) is 24.7 Å². The Bertz CT molecular complexity index is 2600. The van der Waals surface area contributed by atoms with Crippen molar-refractivity contribution in [3.63, 3.8) is 0 Å². The average molecular weight is 1120 g/mol. The van der Waals surface area contributed by atoms with Crippen LogP contribution in [0.1, 0.15) is 188 Å². The van der Waals surface area contributed by atoms with E-state index >= 15 is 0 Å². The van der Waals surface area contributed by atoms with Crippen molar-refractivity contribution in [2.24, 2.45) is 58.2 Å². The van der Waals surface area contributed by atoms with Crippen LogP contribution in [-0.4, -0.2) is 23.9 Å². The Morgan fingerprint density at radius 1 is 0.610 bits per heavy atom. The summed E-state index contributed by atoms with van der Waals surface area (Å²) >= 11 is 13.7. The van der Waals surface area contributed by atoms with Gasteiger partial charge in [0.25, 0.3) is 0 Å². The minimum absolute atomic E-state index is 0. The fourth-order valence-electron chi connectivity index (χ4n) is 14.4. The number of hydrogen-bond donors (Lipinski definition) is 0. The second kappa shape index (κ2) is 29.8. The first-order chi connectivity index (χ1) is 34.8. The van der Waals surface area contributed by atoms with Crippen LogP contribution in [0.25, 0.3) is 5.57 Å². The third-order valence-electron chi connectivity index (χ3n) is 18.2. The largest absolute Gasteiger partial charge is 1.00 e. The molecular weight excluding hydrogens is 1060 g/mol. The van der Waals surface area contributed by atoms with Gasteiger partial charge in [0.15, 0.2) is 0 Å². The molecule has 0 saturated heterocycles. The van der Waals surface area contributed by atoms with Gasteiger partial charge in [-0.1, -0.05) is 132 Å². The first-order valence-electron chi connectivity index (χ1n) is 26.4. The van der Waals surface area contributed by atoms with Gasteiger partial charge >= 0.3 is 118 Å².